The van der Waals surface area contributed by atoms with Crippen LogP contribution >= 0.6 is 0 Å². The van der Waals surface area contributed by atoms with Crippen molar-refractivity contribution in [3.8, 4) is 0 Å². The van der Waals surface area contributed by atoms with Crippen molar-refractivity contribution in [3.05, 3.63) is 0 Å². The zero-order valence-electron chi connectivity index (χ0n) is 12.9. The minimum absolute atomic E-state index is 0.196. The summed E-state index contributed by atoms with van der Waals surface area (Å²) in [6.07, 6.45) is 1.25. The lowest BCUT2D eigenvalue weighted by Crippen LogP contribution is -2.53. The van der Waals surface area contributed by atoms with Gasteiger partial charge in [0, 0.05) is 19.6 Å². The van der Waals surface area contributed by atoms with Gasteiger partial charge in [0.05, 0.1) is 5.92 Å². The third kappa shape index (κ3) is 5.61. The Bertz CT molecular complexity index is 398. The summed E-state index contributed by atoms with van der Waals surface area (Å²) in [4.78, 5) is 36.3. The standard InChI is InChI=1S/C14H25N3O4/c1-9(2)7-15-12(18)10(3)16-14(21)17-6-4-5-11(8-17)13(19)20/h9-11H,4-8H2,1-3H3,(H,15,18)(H,16,21)(H,19,20)/t10?,11-/m1/s1. The largest absolute Gasteiger partial charge is 0.481 e. The van der Waals surface area contributed by atoms with Crippen molar-refractivity contribution in [1.29, 1.82) is 0 Å². The normalized spacial score (nSPS) is 20.0. The van der Waals surface area contributed by atoms with E-state index in [9.17, 15) is 14.4 Å². The number of rotatable bonds is 5. The van der Waals surface area contributed by atoms with E-state index in [2.05, 4.69) is 10.6 Å². The van der Waals surface area contributed by atoms with Gasteiger partial charge in [-0.15, -0.1) is 0 Å². The van der Waals surface area contributed by atoms with Crippen LogP contribution in [0.25, 0.3) is 0 Å². The van der Waals surface area contributed by atoms with E-state index in [1.165, 1.54) is 4.90 Å². The fourth-order valence-electron chi connectivity index (χ4n) is 2.16. The molecule has 1 aliphatic rings. The summed E-state index contributed by atoms with van der Waals surface area (Å²) >= 11 is 0. The van der Waals surface area contributed by atoms with Crippen LogP contribution in [0.5, 0.6) is 0 Å². The molecule has 3 amide bonds. The van der Waals surface area contributed by atoms with Crippen LogP contribution in [-0.4, -0.2) is 53.6 Å². The second kappa shape index (κ2) is 7.85. The third-order valence-corrected chi connectivity index (χ3v) is 3.48. The van der Waals surface area contributed by atoms with Gasteiger partial charge in [-0.05, 0) is 25.7 Å². The number of hydrogen-bond acceptors (Lipinski definition) is 3. The topological polar surface area (TPSA) is 98.7 Å². The number of likely N-dealkylation sites (tertiary alicyclic amines) is 1. The van der Waals surface area contributed by atoms with Gasteiger partial charge < -0.3 is 20.6 Å². The van der Waals surface area contributed by atoms with Crippen molar-refractivity contribution in [2.45, 2.75) is 39.7 Å². The minimum atomic E-state index is -0.879. The van der Waals surface area contributed by atoms with Gasteiger partial charge in [-0.3, -0.25) is 9.59 Å². The van der Waals surface area contributed by atoms with Gasteiger partial charge in [0.1, 0.15) is 6.04 Å². The highest BCUT2D eigenvalue weighted by atomic mass is 16.4. The first-order valence-electron chi connectivity index (χ1n) is 7.37. The van der Waals surface area contributed by atoms with Crippen molar-refractivity contribution in [3.63, 3.8) is 0 Å². The molecule has 1 aliphatic heterocycles. The van der Waals surface area contributed by atoms with E-state index in [1.807, 2.05) is 13.8 Å². The number of amides is 3. The number of aliphatic carboxylic acids is 1. The second-order valence-corrected chi connectivity index (χ2v) is 5.93. The van der Waals surface area contributed by atoms with Gasteiger partial charge in [0.25, 0.3) is 0 Å². The van der Waals surface area contributed by atoms with Crippen LogP contribution < -0.4 is 10.6 Å². The van der Waals surface area contributed by atoms with E-state index in [4.69, 9.17) is 5.11 Å². The van der Waals surface area contributed by atoms with Crippen LogP contribution in [0, 0.1) is 11.8 Å². The fraction of sp³-hybridized carbons (Fsp3) is 0.786. The monoisotopic (exact) mass is 299 g/mol. The Morgan fingerprint density at radius 2 is 1.95 bits per heavy atom. The Labute approximate surface area is 125 Å². The van der Waals surface area contributed by atoms with Crippen LogP contribution in [0.4, 0.5) is 4.79 Å². The highest BCUT2D eigenvalue weighted by Crippen LogP contribution is 2.16. The number of piperidine rings is 1. The zero-order chi connectivity index (χ0) is 16.0. The van der Waals surface area contributed by atoms with Gasteiger partial charge in [-0.1, -0.05) is 13.8 Å². The first-order chi connectivity index (χ1) is 9.81. The van der Waals surface area contributed by atoms with E-state index in [0.717, 1.165) is 0 Å². The number of carbonyl (C=O) groups is 3. The maximum atomic E-state index is 12.1. The molecule has 7 nitrogen and oxygen atoms in total. The fourth-order valence-corrected chi connectivity index (χ4v) is 2.16. The molecule has 0 aromatic rings. The molecule has 1 unspecified atom stereocenters. The van der Waals surface area contributed by atoms with Gasteiger partial charge in [-0.2, -0.15) is 0 Å². The van der Waals surface area contributed by atoms with Crippen molar-refractivity contribution in [2.24, 2.45) is 11.8 Å². The molecule has 0 aromatic carbocycles. The van der Waals surface area contributed by atoms with Crippen LogP contribution in [0.15, 0.2) is 0 Å². The van der Waals surface area contributed by atoms with Gasteiger partial charge >= 0.3 is 12.0 Å². The van der Waals surface area contributed by atoms with Crippen molar-refractivity contribution < 1.29 is 19.5 Å². The molecule has 1 rings (SSSR count). The number of carboxylic acid groups (broad SMARTS) is 1. The van der Waals surface area contributed by atoms with Gasteiger partial charge in [0.2, 0.25) is 5.91 Å². The summed E-state index contributed by atoms with van der Waals surface area (Å²) in [6, 6.07) is -1.02. The van der Waals surface area contributed by atoms with Crippen molar-refractivity contribution in [2.75, 3.05) is 19.6 Å². The summed E-state index contributed by atoms with van der Waals surface area (Å²) in [5, 5.41) is 14.4. The second-order valence-electron chi connectivity index (χ2n) is 5.93. The average molecular weight is 299 g/mol. The van der Waals surface area contributed by atoms with Crippen LogP contribution in [-0.2, 0) is 9.59 Å². The van der Waals surface area contributed by atoms with Gasteiger partial charge in [0.15, 0.2) is 0 Å². The molecular weight excluding hydrogens is 274 g/mol. The summed E-state index contributed by atoms with van der Waals surface area (Å²) in [5.41, 5.74) is 0. The zero-order valence-corrected chi connectivity index (χ0v) is 12.9. The molecule has 3 N–H and O–H groups in total. The number of nitrogens with zero attached hydrogens (tertiary/aromatic N) is 1. The number of carboxylic acids is 1. The average Bonchev–Trinajstić information content (AvgIpc) is 2.44. The molecule has 0 radical (unpaired) electrons. The highest BCUT2D eigenvalue weighted by molar-refractivity contribution is 5.86. The predicted molar refractivity (Wildman–Crippen MR) is 77.8 cm³/mol. The molecule has 1 heterocycles. The van der Waals surface area contributed by atoms with Crippen LogP contribution in [0.2, 0.25) is 0 Å². The molecule has 120 valence electrons. The molecule has 0 bridgehead atoms. The summed E-state index contributed by atoms with van der Waals surface area (Å²) in [5.74, 6) is -1.29. The lowest BCUT2D eigenvalue weighted by atomic mass is 9.99. The summed E-state index contributed by atoms with van der Waals surface area (Å²) in [7, 11) is 0. The van der Waals surface area contributed by atoms with Crippen LogP contribution in [0.1, 0.15) is 33.6 Å². The van der Waals surface area contributed by atoms with E-state index in [-0.39, 0.29) is 18.5 Å². The number of carbonyl (C=O) groups excluding carboxylic acids is 2. The maximum absolute atomic E-state index is 12.1. The molecule has 1 fully saturated rings. The molecule has 21 heavy (non-hydrogen) atoms. The quantitative estimate of drug-likeness (QED) is 0.694. The van der Waals surface area contributed by atoms with E-state index in [0.29, 0.717) is 31.8 Å². The molecule has 0 aliphatic carbocycles. The molecule has 0 spiro atoms. The first-order valence-corrected chi connectivity index (χ1v) is 7.37. The molecule has 0 saturated carbocycles. The molecular formula is C14H25N3O4. The number of nitrogens with one attached hydrogen (secondary N) is 2. The Hall–Kier alpha value is -1.79. The Kier molecular flexibility index (Phi) is 6.45. The maximum Gasteiger partial charge on any atom is 0.318 e. The molecule has 0 aromatic heterocycles. The Balaban J connectivity index is 2.44. The summed E-state index contributed by atoms with van der Waals surface area (Å²) < 4.78 is 0. The minimum Gasteiger partial charge on any atom is -0.481 e. The SMILES string of the molecule is CC(C)CNC(=O)C(C)NC(=O)N1CCC[C@@H](C(=O)O)C1. The lowest BCUT2D eigenvalue weighted by molar-refractivity contribution is -0.143. The van der Waals surface area contributed by atoms with Gasteiger partial charge in [-0.25, -0.2) is 4.79 Å². The third-order valence-electron chi connectivity index (χ3n) is 3.48. The highest BCUT2D eigenvalue weighted by Gasteiger charge is 2.29. The first kappa shape index (κ1) is 17.3. The predicted octanol–water partition coefficient (Wildman–Crippen LogP) is 0.653. The summed E-state index contributed by atoms with van der Waals surface area (Å²) in [6.45, 7) is 6.88. The van der Waals surface area contributed by atoms with Crippen molar-refractivity contribution >= 4 is 17.9 Å². The lowest BCUT2D eigenvalue weighted by Gasteiger charge is -2.31. The van der Waals surface area contributed by atoms with E-state index in [1.54, 1.807) is 6.92 Å². The molecule has 2 atom stereocenters. The molecule has 1 saturated heterocycles. The van der Waals surface area contributed by atoms with E-state index < -0.39 is 17.9 Å². The Morgan fingerprint density at radius 1 is 1.29 bits per heavy atom. The van der Waals surface area contributed by atoms with Crippen LogP contribution in [0.3, 0.4) is 0 Å². The van der Waals surface area contributed by atoms with Crippen molar-refractivity contribution in [1.82, 2.24) is 15.5 Å². The smallest absolute Gasteiger partial charge is 0.318 e. The Morgan fingerprint density at radius 3 is 2.52 bits per heavy atom. The molecule has 7 heteroatoms. The number of hydrogen-bond donors (Lipinski definition) is 3. The number of urea groups is 1. The van der Waals surface area contributed by atoms with E-state index >= 15 is 0 Å².